The molecule has 0 unspecified atom stereocenters. The summed E-state index contributed by atoms with van der Waals surface area (Å²) in [6.45, 7) is 1.76. The van der Waals surface area contributed by atoms with Crippen molar-refractivity contribution < 1.29 is 17.4 Å². The maximum absolute atomic E-state index is 12.3. The number of primary amides is 1. The van der Waals surface area contributed by atoms with Crippen LogP contribution in [0.5, 0.6) is 5.75 Å². The van der Waals surface area contributed by atoms with Gasteiger partial charge in [0.25, 0.3) is 5.91 Å². The minimum absolute atomic E-state index is 0.00229. The van der Waals surface area contributed by atoms with Crippen molar-refractivity contribution in [1.29, 1.82) is 0 Å². The van der Waals surface area contributed by atoms with Crippen LogP contribution in [0, 0.1) is 6.92 Å². The Morgan fingerprint density at radius 3 is 2.48 bits per heavy atom. The van der Waals surface area contributed by atoms with Crippen molar-refractivity contribution in [2.45, 2.75) is 11.8 Å². The third-order valence-corrected chi connectivity index (χ3v) is 4.89. The molecule has 21 heavy (non-hydrogen) atoms. The van der Waals surface area contributed by atoms with E-state index < -0.39 is 16.0 Å². The van der Waals surface area contributed by atoms with Crippen LogP contribution in [0.3, 0.4) is 0 Å². The Bertz CT molecular complexity index is 802. The Morgan fingerprint density at radius 2 is 1.86 bits per heavy atom. The van der Waals surface area contributed by atoms with Gasteiger partial charge in [-0.05, 0) is 42.8 Å². The second-order valence-corrected chi connectivity index (χ2v) is 6.71. The van der Waals surface area contributed by atoms with Crippen LogP contribution in [-0.4, -0.2) is 14.3 Å². The molecule has 0 radical (unpaired) electrons. The SMILES string of the molecule is Cc1cc(S(=O)(=O)Oc2ccccc2C(N)=O)ccc1Br. The van der Waals surface area contributed by atoms with E-state index in [1.807, 2.05) is 0 Å². The molecule has 0 aromatic heterocycles. The molecule has 0 bridgehead atoms. The molecule has 0 atom stereocenters. The van der Waals surface area contributed by atoms with Gasteiger partial charge in [0.05, 0.1) is 5.56 Å². The van der Waals surface area contributed by atoms with Gasteiger partial charge >= 0.3 is 10.1 Å². The fourth-order valence-corrected chi connectivity index (χ4v) is 2.96. The standard InChI is InChI=1S/C14H12BrNO4S/c1-9-8-10(6-7-12(9)15)21(18,19)20-13-5-3-2-4-11(13)14(16)17/h2-8H,1H3,(H2,16,17). The number of halogens is 1. The van der Waals surface area contributed by atoms with E-state index in [1.165, 1.54) is 24.3 Å². The van der Waals surface area contributed by atoms with E-state index in [4.69, 9.17) is 9.92 Å². The first-order valence-corrected chi connectivity index (χ1v) is 8.11. The van der Waals surface area contributed by atoms with Crippen LogP contribution < -0.4 is 9.92 Å². The number of carbonyl (C=O) groups is 1. The predicted molar refractivity (Wildman–Crippen MR) is 81.7 cm³/mol. The molecule has 2 aromatic rings. The number of carbonyl (C=O) groups excluding carboxylic acids is 1. The maximum Gasteiger partial charge on any atom is 0.339 e. The summed E-state index contributed by atoms with van der Waals surface area (Å²) in [5.41, 5.74) is 5.96. The summed E-state index contributed by atoms with van der Waals surface area (Å²) in [5, 5.41) is 0. The second-order valence-electron chi connectivity index (χ2n) is 4.31. The fourth-order valence-electron chi connectivity index (χ4n) is 1.68. The van der Waals surface area contributed by atoms with Gasteiger partial charge in [-0.2, -0.15) is 8.42 Å². The van der Waals surface area contributed by atoms with Crippen molar-refractivity contribution in [2.24, 2.45) is 5.73 Å². The molecule has 110 valence electrons. The third-order valence-electron chi connectivity index (χ3n) is 2.77. The van der Waals surface area contributed by atoms with Crippen LogP contribution in [-0.2, 0) is 10.1 Å². The van der Waals surface area contributed by atoms with Crippen LogP contribution in [0.15, 0.2) is 51.8 Å². The normalized spacial score (nSPS) is 11.1. The lowest BCUT2D eigenvalue weighted by Gasteiger charge is -2.10. The molecular formula is C14H12BrNO4S. The van der Waals surface area contributed by atoms with E-state index in [-0.39, 0.29) is 16.2 Å². The zero-order valence-electron chi connectivity index (χ0n) is 11.0. The topological polar surface area (TPSA) is 86.5 Å². The van der Waals surface area contributed by atoms with Crippen molar-refractivity contribution in [3.63, 3.8) is 0 Å². The summed E-state index contributed by atoms with van der Waals surface area (Å²) in [6.07, 6.45) is 0. The summed E-state index contributed by atoms with van der Waals surface area (Å²) >= 11 is 3.30. The average Bonchev–Trinajstić information content (AvgIpc) is 2.41. The first kappa shape index (κ1) is 15.5. The summed E-state index contributed by atoms with van der Waals surface area (Å²) in [5.74, 6) is -0.849. The molecule has 5 nitrogen and oxygen atoms in total. The average molecular weight is 370 g/mol. The molecule has 2 rings (SSSR count). The Kier molecular flexibility index (Phi) is 4.34. The highest BCUT2D eigenvalue weighted by molar-refractivity contribution is 9.10. The number of aryl methyl sites for hydroxylation is 1. The van der Waals surface area contributed by atoms with E-state index >= 15 is 0 Å². The van der Waals surface area contributed by atoms with E-state index in [9.17, 15) is 13.2 Å². The summed E-state index contributed by atoms with van der Waals surface area (Å²) < 4.78 is 30.3. The van der Waals surface area contributed by atoms with E-state index in [2.05, 4.69) is 15.9 Å². The highest BCUT2D eigenvalue weighted by Crippen LogP contribution is 2.25. The molecule has 2 N–H and O–H groups in total. The van der Waals surface area contributed by atoms with Crippen LogP contribution in [0.2, 0.25) is 0 Å². The minimum Gasteiger partial charge on any atom is -0.378 e. The number of nitrogens with two attached hydrogens (primary N) is 1. The van der Waals surface area contributed by atoms with E-state index in [0.717, 1.165) is 10.0 Å². The molecule has 0 spiro atoms. The number of para-hydroxylation sites is 1. The van der Waals surface area contributed by atoms with Crippen molar-refractivity contribution >= 4 is 32.0 Å². The maximum atomic E-state index is 12.3. The predicted octanol–water partition coefficient (Wildman–Crippen LogP) is 2.62. The highest BCUT2D eigenvalue weighted by Gasteiger charge is 2.20. The molecule has 0 heterocycles. The first-order valence-electron chi connectivity index (χ1n) is 5.91. The largest absolute Gasteiger partial charge is 0.378 e. The van der Waals surface area contributed by atoms with Gasteiger partial charge in [-0.3, -0.25) is 4.79 Å². The second kappa shape index (κ2) is 5.87. The molecule has 2 aromatic carbocycles. The first-order chi connectivity index (χ1) is 9.81. The van der Waals surface area contributed by atoms with E-state index in [0.29, 0.717) is 0 Å². The van der Waals surface area contributed by atoms with Crippen LogP contribution in [0.25, 0.3) is 0 Å². The van der Waals surface area contributed by atoms with Gasteiger partial charge in [0, 0.05) is 4.47 Å². The molecule has 0 saturated heterocycles. The number of hydrogen-bond donors (Lipinski definition) is 1. The number of amides is 1. The zero-order chi connectivity index (χ0) is 15.6. The van der Waals surface area contributed by atoms with Crippen LogP contribution in [0.1, 0.15) is 15.9 Å². The van der Waals surface area contributed by atoms with Crippen molar-refractivity contribution in [3.8, 4) is 5.75 Å². The molecule has 0 aliphatic heterocycles. The van der Waals surface area contributed by atoms with Gasteiger partial charge < -0.3 is 9.92 Å². The molecule has 0 fully saturated rings. The fraction of sp³-hybridized carbons (Fsp3) is 0.0714. The zero-order valence-corrected chi connectivity index (χ0v) is 13.4. The lowest BCUT2D eigenvalue weighted by molar-refractivity contribution is 0.0999. The summed E-state index contributed by atoms with van der Waals surface area (Å²) in [7, 11) is -4.04. The molecule has 0 aliphatic carbocycles. The van der Waals surface area contributed by atoms with Gasteiger partial charge in [-0.25, -0.2) is 0 Å². The molecule has 0 aliphatic rings. The van der Waals surface area contributed by atoms with Gasteiger partial charge in [-0.1, -0.05) is 28.1 Å². The Balaban J connectivity index is 2.42. The monoisotopic (exact) mass is 369 g/mol. The summed E-state index contributed by atoms with van der Waals surface area (Å²) in [6, 6.07) is 10.4. The van der Waals surface area contributed by atoms with Gasteiger partial charge in [-0.15, -0.1) is 0 Å². The minimum atomic E-state index is -4.04. The Morgan fingerprint density at radius 1 is 1.19 bits per heavy atom. The number of hydrogen-bond acceptors (Lipinski definition) is 4. The van der Waals surface area contributed by atoms with Crippen molar-refractivity contribution in [3.05, 3.63) is 58.1 Å². The van der Waals surface area contributed by atoms with Crippen LogP contribution in [0.4, 0.5) is 0 Å². The van der Waals surface area contributed by atoms with E-state index in [1.54, 1.807) is 25.1 Å². The highest BCUT2D eigenvalue weighted by atomic mass is 79.9. The molecule has 0 saturated carbocycles. The van der Waals surface area contributed by atoms with Crippen molar-refractivity contribution in [2.75, 3.05) is 0 Å². The van der Waals surface area contributed by atoms with Gasteiger partial charge in [0.15, 0.2) is 5.75 Å². The molecule has 1 amide bonds. The van der Waals surface area contributed by atoms with Crippen molar-refractivity contribution in [1.82, 2.24) is 0 Å². The Labute approximate surface area is 131 Å². The van der Waals surface area contributed by atoms with Gasteiger partial charge in [0.2, 0.25) is 0 Å². The smallest absolute Gasteiger partial charge is 0.339 e. The Hall–Kier alpha value is -1.86. The lowest BCUT2D eigenvalue weighted by Crippen LogP contribution is -2.16. The number of benzene rings is 2. The molecular weight excluding hydrogens is 358 g/mol. The number of rotatable bonds is 4. The molecule has 7 heteroatoms. The van der Waals surface area contributed by atoms with Crippen LogP contribution >= 0.6 is 15.9 Å². The lowest BCUT2D eigenvalue weighted by atomic mass is 10.2. The summed E-state index contributed by atoms with van der Waals surface area (Å²) in [4.78, 5) is 11.3. The van der Waals surface area contributed by atoms with Gasteiger partial charge in [0.1, 0.15) is 4.90 Å². The quantitative estimate of drug-likeness (QED) is 0.839. The third kappa shape index (κ3) is 3.43.